The Hall–Kier alpha value is -2.56. The molecule has 0 aliphatic rings. The number of hydrogen-bond acceptors (Lipinski definition) is 3. The summed E-state index contributed by atoms with van der Waals surface area (Å²) in [4.78, 5) is 11.6. The fourth-order valence-electron chi connectivity index (χ4n) is 1.86. The van der Waals surface area contributed by atoms with Crippen molar-refractivity contribution in [2.24, 2.45) is 5.73 Å². The number of ether oxygens (including phenoxy) is 1. The van der Waals surface area contributed by atoms with Crippen LogP contribution in [-0.2, 0) is 4.79 Å². The van der Waals surface area contributed by atoms with E-state index in [9.17, 15) is 9.18 Å². The summed E-state index contributed by atoms with van der Waals surface area (Å²) in [6.07, 6.45) is 0. The second-order valence-electron chi connectivity index (χ2n) is 4.26. The summed E-state index contributed by atoms with van der Waals surface area (Å²) in [6, 6.07) is 12.1. The normalized spacial score (nSPS) is 11.7. The molecule has 2 aromatic carbocycles. The Labute approximate surface area is 116 Å². The average molecular weight is 274 g/mol. The Morgan fingerprint density at radius 3 is 2.50 bits per heavy atom. The summed E-state index contributed by atoms with van der Waals surface area (Å²) in [7, 11) is 1.56. The van der Waals surface area contributed by atoms with Gasteiger partial charge >= 0.3 is 0 Å². The van der Waals surface area contributed by atoms with Gasteiger partial charge in [0.1, 0.15) is 17.6 Å². The van der Waals surface area contributed by atoms with Gasteiger partial charge in [0.25, 0.3) is 0 Å². The maximum atomic E-state index is 13.1. The Kier molecular flexibility index (Phi) is 4.20. The van der Waals surface area contributed by atoms with Crippen molar-refractivity contribution < 1.29 is 13.9 Å². The lowest BCUT2D eigenvalue weighted by Gasteiger charge is -2.17. The number of nitrogens with two attached hydrogens (primary N) is 1. The van der Waals surface area contributed by atoms with E-state index in [0.717, 1.165) is 0 Å². The van der Waals surface area contributed by atoms with Gasteiger partial charge in [0.05, 0.1) is 7.11 Å². The van der Waals surface area contributed by atoms with Gasteiger partial charge < -0.3 is 15.8 Å². The van der Waals surface area contributed by atoms with Crippen LogP contribution in [0.15, 0.2) is 48.5 Å². The standard InChI is InChI=1S/C15H15FN2O2/c1-20-13-7-5-10(6-8-13)14(15(17)19)18-12-4-2-3-11(16)9-12/h2-9,14,18H,1H3,(H2,17,19). The van der Waals surface area contributed by atoms with E-state index in [4.69, 9.17) is 10.5 Å². The van der Waals surface area contributed by atoms with E-state index in [1.165, 1.54) is 12.1 Å². The Morgan fingerprint density at radius 2 is 1.95 bits per heavy atom. The van der Waals surface area contributed by atoms with Gasteiger partial charge in [-0.2, -0.15) is 0 Å². The SMILES string of the molecule is COc1ccc(C(Nc2cccc(F)c2)C(N)=O)cc1. The molecule has 1 unspecified atom stereocenters. The number of anilines is 1. The fraction of sp³-hybridized carbons (Fsp3) is 0.133. The summed E-state index contributed by atoms with van der Waals surface area (Å²) in [6.45, 7) is 0. The minimum absolute atomic E-state index is 0.382. The number of primary amides is 1. The van der Waals surface area contributed by atoms with Crippen LogP contribution in [0.5, 0.6) is 5.75 Å². The monoisotopic (exact) mass is 274 g/mol. The molecule has 0 heterocycles. The van der Waals surface area contributed by atoms with E-state index in [1.54, 1.807) is 43.5 Å². The van der Waals surface area contributed by atoms with Crippen molar-refractivity contribution in [1.29, 1.82) is 0 Å². The Balaban J connectivity index is 2.24. The van der Waals surface area contributed by atoms with Gasteiger partial charge in [0, 0.05) is 5.69 Å². The minimum atomic E-state index is -0.734. The first-order chi connectivity index (χ1) is 9.60. The third-order valence-corrected chi connectivity index (χ3v) is 2.87. The predicted molar refractivity (Wildman–Crippen MR) is 75.0 cm³/mol. The van der Waals surface area contributed by atoms with Crippen molar-refractivity contribution in [3.05, 3.63) is 59.9 Å². The predicted octanol–water partition coefficient (Wildman–Crippen LogP) is 2.47. The highest BCUT2D eigenvalue weighted by molar-refractivity contribution is 5.84. The van der Waals surface area contributed by atoms with E-state index in [-0.39, 0.29) is 5.82 Å². The van der Waals surface area contributed by atoms with Crippen molar-refractivity contribution in [2.75, 3.05) is 12.4 Å². The first-order valence-electron chi connectivity index (χ1n) is 6.05. The van der Waals surface area contributed by atoms with Crippen LogP contribution in [0.2, 0.25) is 0 Å². The molecule has 20 heavy (non-hydrogen) atoms. The molecular formula is C15H15FN2O2. The summed E-state index contributed by atoms with van der Waals surface area (Å²) in [5.41, 5.74) is 6.57. The third-order valence-electron chi connectivity index (χ3n) is 2.87. The first kappa shape index (κ1) is 13.9. The van der Waals surface area contributed by atoms with Crippen LogP contribution in [0, 0.1) is 5.82 Å². The molecule has 3 N–H and O–H groups in total. The maximum Gasteiger partial charge on any atom is 0.244 e. The summed E-state index contributed by atoms with van der Waals surface area (Å²) in [5, 5.41) is 2.92. The quantitative estimate of drug-likeness (QED) is 0.880. The minimum Gasteiger partial charge on any atom is -0.497 e. The molecule has 0 spiro atoms. The van der Waals surface area contributed by atoms with E-state index < -0.39 is 11.9 Å². The van der Waals surface area contributed by atoms with Gasteiger partial charge in [0.15, 0.2) is 0 Å². The molecule has 0 saturated heterocycles. The molecular weight excluding hydrogens is 259 g/mol. The topological polar surface area (TPSA) is 64.3 Å². The molecule has 0 saturated carbocycles. The second-order valence-corrected chi connectivity index (χ2v) is 4.26. The molecule has 0 aliphatic carbocycles. The highest BCUT2D eigenvalue weighted by Gasteiger charge is 2.17. The van der Waals surface area contributed by atoms with E-state index in [0.29, 0.717) is 17.0 Å². The van der Waals surface area contributed by atoms with Crippen molar-refractivity contribution in [2.45, 2.75) is 6.04 Å². The van der Waals surface area contributed by atoms with Crippen LogP contribution in [0.3, 0.4) is 0 Å². The lowest BCUT2D eigenvalue weighted by atomic mass is 10.1. The highest BCUT2D eigenvalue weighted by atomic mass is 19.1. The number of amides is 1. The van der Waals surface area contributed by atoms with Crippen LogP contribution in [0.1, 0.15) is 11.6 Å². The summed E-state index contributed by atoms with van der Waals surface area (Å²) in [5.74, 6) is -0.241. The van der Waals surface area contributed by atoms with Gasteiger partial charge in [-0.15, -0.1) is 0 Å². The van der Waals surface area contributed by atoms with Crippen LogP contribution < -0.4 is 15.8 Å². The average Bonchev–Trinajstić information content (AvgIpc) is 2.45. The van der Waals surface area contributed by atoms with Crippen LogP contribution in [0.25, 0.3) is 0 Å². The second kappa shape index (κ2) is 6.06. The Morgan fingerprint density at radius 1 is 1.25 bits per heavy atom. The molecule has 4 nitrogen and oxygen atoms in total. The number of nitrogens with one attached hydrogen (secondary N) is 1. The number of benzene rings is 2. The van der Waals surface area contributed by atoms with Crippen LogP contribution in [0.4, 0.5) is 10.1 Å². The zero-order valence-corrected chi connectivity index (χ0v) is 11.0. The molecule has 2 aromatic rings. The van der Waals surface area contributed by atoms with E-state index >= 15 is 0 Å². The highest BCUT2D eigenvalue weighted by Crippen LogP contribution is 2.22. The van der Waals surface area contributed by atoms with Gasteiger partial charge in [-0.3, -0.25) is 4.79 Å². The van der Waals surface area contributed by atoms with Crippen molar-refractivity contribution in [1.82, 2.24) is 0 Å². The molecule has 5 heteroatoms. The lowest BCUT2D eigenvalue weighted by Crippen LogP contribution is -2.27. The molecule has 1 amide bonds. The largest absolute Gasteiger partial charge is 0.497 e. The van der Waals surface area contributed by atoms with Gasteiger partial charge in [-0.05, 0) is 35.9 Å². The smallest absolute Gasteiger partial charge is 0.244 e. The number of carbonyl (C=O) groups is 1. The fourth-order valence-corrected chi connectivity index (χ4v) is 1.86. The van der Waals surface area contributed by atoms with Crippen molar-refractivity contribution in [3.8, 4) is 5.75 Å². The van der Waals surface area contributed by atoms with E-state index in [2.05, 4.69) is 5.32 Å². The third kappa shape index (κ3) is 3.26. The Bertz CT molecular complexity index is 599. The number of methoxy groups -OCH3 is 1. The van der Waals surface area contributed by atoms with Crippen molar-refractivity contribution in [3.63, 3.8) is 0 Å². The number of carbonyl (C=O) groups excluding carboxylic acids is 1. The van der Waals surface area contributed by atoms with E-state index in [1.807, 2.05) is 0 Å². The summed E-state index contributed by atoms with van der Waals surface area (Å²) >= 11 is 0. The zero-order valence-electron chi connectivity index (χ0n) is 11.0. The number of halogens is 1. The number of rotatable bonds is 5. The maximum absolute atomic E-state index is 13.1. The van der Waals surface area contributed by atoms with Gasteiger partial charge in [0.2, 0.25) is 5.91 Å². The van der Waals surface area contributed by atoms with Crippen LogP contribution in [-0.4, -0.2) is 13.0 Å². The van der Waals surface area contributed by atoms with Crippen molar-refractivity contribution >= 4 is 11.6 Å². The number of hydrogen-bond donors (Lipinski definition) is 2. The molecule has 104 valence electrons. The lowest BCUT2D eigenvalue weighted by molar-refractivity contribution is -0.118. The molecule has 0 aliphatic heterocycles. The molecule has 0 bridgehead atoms. The summed E-state index contributed by atoms with van der Waals surface area (Å²) < 4.78 is 18.2. The molecule has 1 atom stereocenters. The zero-order chi connectivity index (χ0) is 14.5. The molecule has 2 rings (SSSR count). The molecule has 0 radical (unpaired) electrons. The molecule has 0 aromatic heterocycles. The molecule has 0 fully saturated rings. The first-order valence-corrected chi connectivity index (χ1v) is 6.05. The van der Waals surface area contributed by atoms with Gasteiger partial charge in [-0.1, -0.05) is 18.2 Å². The van der Waals surface area contributed by atoms with Gasteiger partial charge in [-0.25, -0.2) is 4.39 Å². The van der Waals surface area contributed by atoms with Crippen LogP contribution >= 0.6 is 0 Å².